The van der Waals surface area contributed by atoms with E-state index in [0.29, 0.717) is 11.3 Å². The lowest BCUT2D eigenvalue weighted by Gasteiger charge is -2.10. The number of primary amides is 1. The Bertz CT molecular complexity index is 483. The van der Waals surface area contributed by atoms with E-state index in [1.807, 2.05) is 0 Å². The second-order valence-electron chi connectivity index (χ2n) is 3.80. The van der Waals surface area contributed by atoms with Gasteiger partial charge >= 0.3 is 5.97 Å². The van der Waals surface area contributed by atoms with Crippen molar-refractivity contribution in [1.82, 2.24) is 5.32 Å². The third-order valence-corrected chi connectivity index (χ3v) is 2.26. The number of carboxylic acid groups (broad SMARTS) is 1. The molecule has 0 aliphatic rings. The van der Waals surface area contributed by atoms with Crippen molar-refractivity contribution in [3.8, 4) is 5.75 Å². The predicted octanol–water partition coefficient (Wildman–Crippen LogP) is -0.246. The largest absolute Gasteiger partial charge is 0.484 e. The summed E-state index contributed by atoms with van der Waals surface area (Å²) in [5.41, 5.74) is 5.40. The van der Waals surface area contributed by atoms with Crippen molar-refractivity contribution in [2.45, 2.75) is 13.0 Å². The number of benzene rings is 1. The molecule has 19 heavy (non-hydrogen) atoms. The van der Waals surface area contributed by atoms with Crippen molar-refractivity contribution >= 4 is 17.8 Å². The number of aliphatic carboxylic acids is 1. The van der Waals surface area contributed by atoms with E-state index in [0.717, 1.165) is 0 Å². The Morgan fingerprint density at radius 2 is 1.89 bits per heavy atom. The molecule has 2 amide bonds. The molecule has 0 aromatic heterocycles. The molecule has 1 aromatic rings. The summed E-state index contributed by atoms with van der Waals surface area (Å²) in [6, 6.07) is 4.95. The van der Waals surface area contributed by atoms with Gasteiger partial charge in [-0.1, -0.05) is 0 Å². The molecule has 0 heterocycles. The zero-order valence-electron chi connectivity index (χ0n) is 10.3. The summed E-state index contributed by atoms with van der Waals surface area (Å²) in [4.78, 5) is 32.7. The molecule has 0 aliphatic heterocycles. The average molecular weight is 266 g/mol. The molecule has 0 fully saturated rings. The Hall–Kier alpha value is -2.57. The van der Waals surface area contributed by atoms with Gasteiger partial charge < -0.3 is 20.9 Å². The third-order valence-electron chi connectivity index (χ3n) is 2.26. The van der Waals surface area contributed by atoms with Crippen LogP contribution in [0.2, 0.25) is 0 Å². The van der Waals surface area contributed by atoms with Crippen LogP contribution in [0.15, 0.2) is 24.3 Å². The van der Waals surface area contributed by atoms with Gasteiger partial charge in [0, 0.05) is 5.56 Å². The highest BCUT2D eigenvalue weighted by molar-refractivity contribution is 5.92. The van der Waals surface area contributed by atoms with E-state index < -0.39 is 23.8 Å². The van der Waals surface area contributed by atoms with Crippen LogP contribution in [-0.2, 0) is 9.59 Å². The molecule has 0 bridgehead atoms. The molecule has 4 N–H and O–H groups in total. The molecule has 1 aromatic carbocycles. The van der Waals surface area contributed by atoms with Crippen LogP contribution in [0, 0.1) is 0 Å². The Balaban J connectivity index is 2.46. The standard InChI is InChI=1S/C12H14N2O5/c1-7(12(17)18)14-10(15)6-19-9-4-2-8(3-5-9)11(13)16/h2-5,7H,6H2,1H3,(H2,13,16)(H,14,15)(H,17,18)/t7-/m1/s1. The number of carboxylic acids is 1. The molecular weight excluding hydrogens is 252 g/mol. The lowest BCUT2D eigenvalue weighted by molar-refractivity contribution is -0.141. The van der Waals surface area contributed by atoms with E-state index in [1.54, 1.807) is 0 Å². The highest BCUT2D eigenvalue weighted by Gasteiger charge is 2.14. The first-order valence-corrected chi connectivity index (χ1v) is 5.45. The Morgan fingerprint density at radius 3 is 2.37 bits per heavy atom. The molecule has 0 saturated heterocycles. The monoisotopic (exact) mass is 266 g/mol. The minimum Gasteiger partial charge on any atom is -0.484 e. The summed E-state index contributed by atoms with van der Waals surface area (Å²) >= 11 is 0. The van der Waals surface area contributed by atoms with Crippen molar-refractivity contribution in [1.29, 1.82) is 0 Å². The van der Waals surface area contributed by atoms with Gasteiger partial charge in [-0.25, -0.2) is 0 Å². The van der Waals surface area contributed by atoms with Crippen LogP contribution in [0.4, 0.5) is 0 Å². The van der Waals surface area contributed by atoms with E-state index >= 15 is 0 Å². The normalized spacial score (nSPS) is 11.4. The molecule has 0 unspecified atom stereocenters. The zero-order valence-corrected chi connectivity index (χ0v) is 10.3. The van der Waals surface area contributed by atoms with E-state index in [4.69, 9.17) is 15.6 Å². The second kappa shape index (κ2) is 6.39. The van der Waals surface area contributed by atoms with Crippen LogP contribution < -0.4 is 15.8 Å². The van der Waals surface area contributed by atoms with Crippen LogP contribution >= 0.6 is 0 Å². The van der Waals surface area contributed by atoms with Crippen LogP contribution in [-0.4, -0.2) is 35.5 Å². The highest BCUT2D eigenvalue weighted by Crippen LogP contribution is 2.11. The van der Waals surface area contributed by atoms with Crippen molar-refractivity contribution in [2.75, 3.05) is 6.61 Å². The van der Waals surface area contributed by atoms with Crippen molar-refractivity contribution in [3.63, 3.8) is 0 Å². The first-order chi connectivity index (χ1) is 8.90. The number of hydrogen-bond donors (Lipinski definition) is 3. The molecule has 7 nitrogen and oxygen atoms in total. The number of ether oxygens (including phenoxy) is 1. The maximum absolute atomic E-state index is 11.3. The maximum Gasteiger partial charge on any atom is 0.325 e. The van der Waals surface area contributed by atoms with Crippen molar-refractivity contribution in [3.05, 3.63) is 29.8 Å². The third kappa shape index (κ3) is 4.66. The molecule has 0 spiro atoms. The molecule has 0 aliphatic carbocycles. The number of amides is 2. The average Bonchev–Trinajstić information content (AvgIpc) is 2.36. The fourth-order valence-electron chi connectivity index (χ4n) is 1.21. The number of rotatable bonds is 6. The molecule has 1 atom stereocenters. The predicted molar refractivity (Wildman–Crippen MR) is 65.7 cm³/mol. The number of nitrogens with one attached hydrogen (secondary N) is 1. The summed E-state index contributed by atoms with van der Waals surface area (Å²) in [6.07, 6.45) is 0. The quantitative estimate of drug-likeness (QED) is 0.656. The van der Waals surface area contributed by atoms with Crippen molar-refractivity contribution in [2.24, 2.45) is 5.73 Å². The second-order valence-corrected chi connectivity index (χ2v) is 3.80. The van der Waals surface area contributed by atoms with Gasteiger partial charge in [-0.3, -0.25) is 14.4 Å². The molecule has 102 valence electrons. The van der Waals surface area contributed by atoms with Gasteiger partial charge in [0.05, 0.1) is 0 Å². The molecule has 0 radical (unpaired) electrons. The van der Waals surface area contributed by atoms with Gasteiger partial charge in [0.1, 0.15) is 11.8 Å². The Labute approximate surface area is 109 Å². The summed E-state index contributed by atoms with van der Waals surface area (Å²) in [5, 5.41) is 10.8. The topological polar surface area (TPSA) is 119 Å². The minimum absolute atomic E-state index is 0.312. The van der Waals surface area contributed by atoms with E-state index in [-0.39, 0.29) is 6.61 Å². The summed E-state index contributed by atoms with van der Waals surface area (Å²) in [7, 11) is 0. The fourth-order valence-corrected chi connectivity index (χ4v) is 1.21. The lowest BCUT2D eigenvalue weighted by atomic mass is 10.2. The molecular formula is C12H14N2O5. The summed E-state index contributed by atoms with van der Waals surface area (Å²) < 4.78 is 5.13. The van der Waals surface area contributed by atoms with Gasteiger partial charge in [0.2, 0.25) is 5.91 Å². The summed E-state index contributed by atoms with van der Waals surface area (Å²) in [6.45, 7) is 1.04. The van der Waals surface area contributed by atoms with Crippen LogP contribution in [0.5, 0.6) is 5.75 Å². The highest BCUT2D eigenvalue weighted by atomic mass is 16.5. The Morgan fingerprint density at radius 1 is 1.32 bits per heavy atom. The molecule has 1 rings (SSSR count). The first-order valence-electron chi connectivity index (χ1n) is 5.45. The molecule has 7 heteroatoms. The maximum atomic E-state index is 11.3. The fraction of sp³-hybridized carbons (Fsp3) is 0.250. The number of hydrogen-bond acceptors (Lipinski definition) is 4. The van der Waals surface area contributed by atoms with Gasteiger partial charge in [-0.05, 0) is 31.2 Å². The van der Waals surface area contributed by atoms with E-state index in [1.165, 1.54) is 31.2 Å². The Kier molecular flexibility index (Phi) is 4.87. The zero-order chi connectivity index (χ0) is 14.4. The SMILES string of the molecule is C[C@@H](NC(=O)COc1ccc(C(N)=O)cc1)C(=O)O. The minimum atomic E-state index is -1.13. The lowest BCUT2D eigenvalue weighted by Crippen LogP contribution is -2.40. The van der Waals surface area contributed by atoms with Gasteiger partial charge in [0.15, 0.2) is 6.61 Å². The van der Waals surface area contributed by atoms with Gasteiger partial charge in [-0.2, -0.15) is 0 Å². The smallest absolute Gasteiger partial charge is 0.325 e. The summed E-state index contributed by atoms with van der Waals surface area (Å²) in [5.74, 6) is -1.85. The van der Waals surface area contributed by atoms with Crippen LogP contribution in [0.3, 0.4) is 0 Å². The molecule has 0 saturated carbocycles. The van der Waals surface area contributed by atoms with E-state index in [9.17, 15) is 14.4 Å². The van der Waals surface area contributed by atoms with E-state index in [2.05, 4.69) is 5.32 Å². The first kappa shape index (κ1) is 14.5. The van der Waals surface area contributed by atoms with Crippen LogP contribution in [0.25, 0.3) is 0 Å². The van der Waals surface area contributed by atoms with Gasteiger partial charge in [0.25, 0.3) is 5.91 Å². The van der Waals surface area contributed by atoms with Crippen LogP contribution in [0.1, 0.15) is 17.3 Å². The number of carbonyl (C=O) groups is 3. The van der Waals surface area contributed by atoms with Crippen molar-refractivity contribution < 1.29 is 24.2 Å². The number of nitrogens with two attached hydrogens (primary N) is 1. The van der Waals surface area contributed by atoms with Gasteiger partial charge in [-0.15, -0.1) is 0 Å². The number of carbonyl (C=O) groups excluding carboxylic acids is 2.